The molecule has 0 saturated carbocycles. The quantitative estimate of drug-likeness (QED) is 0.801. The molecule has 2 unspecified atom stereocenters. The molecule has 142 valence electrons. The standard InChI is InChI=1S/C16H31N3O3S.ClH/c1-4-11-23(21,22)19-9-6-5-7-13(19)15(20)18-10-8-14(17)16(2,3)12-18;/h13-14H,4-12,17H2,1-3H3;1H. The highest BCUT2D eigenvalue weighted by Gasteiger charge is 2.42. The highest BCUT2D eigenvalue weighted by Crippen LogP contribution is 2.30. The van der Waals surface area contributed by atoms with Gasteiger partial charge in [-0.15, -0.1) is 12.4 Å². The van der Waals surface area contributed by atoms with Crippen LogP contribution in [0.3, 0.4) is 0 Å². The monoisotopic (exact) mass is 381 g/mol. The summed E-state index contributed by atoms with van der Waals surface area (Å²) >= 11 is 0. The lowest BCUT2D eigenvalue weighted by molar-refractivity contribution is -0.139. The average molecular weight is 382 g/mol. The molecular formula is C16H32ClN3O3S. The number of likely N-dealkylation sites (tertiary alicyclic amines) is 1. The maximum atomic E-state index is 13.0. The molecule has 0 aliphatic carbocycles. The van der Waals surface area contributed by atoms with Crippen LogP contribution < -0.4 is 5.73 Å². The Kier molecular flexibility index (Phi) is 7.53. The summed E-state index contributed by atoms with van der Waals surface area (Å²) in [5, 5.41) is 0. The highest BCUT2D eigenvalue weighted by molar-refractivity contribution is 7.89. The number of halogens is 1. The summed E-state index contributed by atoms with van der Waals surface area (Å²) in [6, 6.07) is -0.441. The molecule has 0 aromatic carbocycles. The molecule has 0 radical (unpaired) electrons. The lowest BCUT2D eigenvalue weighted by Gasteiger charge is -2.45. The average Bonchev–Trinajstić information content (AvgIpc) is 2.49. The predicted molar refractivity (Wildman–Crippen MR) is 98.6 cm³/mol. The van der Waals surface area contributed by atoms with Gasteiger partial charge in [0.15, 0.2) is 0 Å². The van der Waals surface area contributed by atoms with Crippen LogP contribution in [-0.2, 0) is 14.8 Å². The third-order valence-corrected chi connectivity index (χ3v) is 7.26. The number of carbonyl (C=O) groups is 1. The number of hydrogen-bond acceptors (Lipinski definition) is 4. The van der Waals surface area contributed by atoms with E-state index in [2.05, 4.69) is 13.8 Å². The Balaban J connectivity index is 0.00000288. The second-order valence-corrected chi connectivity index (χ2v) is 9.62. The SMILES string of the molecule is CCCS(=O)(=O)N1CCCCC1C(=O)N1CCC(N)C(C)(C)C1.Cl. The van der Waals surface area contributed by atoms with Gasteiger partial charge in [-0.1, -0.05) is 27.2 Å². The number of nitrogens with zero attached hydrogens (tertiary/aromatic N) is 2. The van der Waals surface area contributed by atoms with Gasteiger partial charge in [0.05, 0.1) is 5.75 Å². The maximum absolute atomic E-state index is 13.0. The number of rotatable bonds is 4. The number of nitrogens with two attached hydrogens (primary N) is 1. The zero-order chi connectivity index (χ0) is 17.3. The van der Waals surface area contributed by atoms with E-state index in [1.807, 2.05) is 11.8 Å². The fourth-order valence-electron chi connectivity index (χ4n) is 3.63. The van der Waals surface area contributed by atoms with Crippen LogP contribution in [-0.4, -0.2) is 61.0 Å². The topological polar surface area (TPSA) is 83.7 Å². The molecule has 0 aromatic rings. The van der Waals surface area contributed by atoms with Gasteiger partial charge in [-0.25, -0.2) is 8.42 Å². The fourth-order valence-corrected chi connectivity index (χ4v) is 5.37. The van der Waals surface area contributed by atoms with E-state index in [4.69, 9.17) is 5.73 Å². The zero-order valence-electron chi connectivity index (χ0n) is 15.0. The van der Waals surface area contributed by atoms with Gasteiger partial charge >= 0.3 is 0 Å². The van der Waals surface area contributed by atoms with Crippen LogP contribution in [0.5, 0.6) is 0 Å². The van der Waals surface area contributed by atoms with Crippen molar-refractivity contribution in [2.45, 2.75) is 65.0 Å². The first kappa shape index (κ1) is 21.7. The van der Waals surface area contributed by atoms with Crippen LogP contribution in [0.4, 0.5) is 0 Å². The van der Waals surface area contributed by atoms with E-state index in [9.17, 15) is 13.2 Å². The summed E-state index contributed by atoms with van der Waals surface area (Å²) in [5.74, 6) is 0.0806. The van der Waals surface area contributed by atoms with Crippen LogP contribution in [0.1, 0.15) is 52.9 Å². The Labute approximate surface area is 152 Å². The molecule has 2 heterocycles. The van der Waals surface area contributed by atoms with E-state index in [0.29, 0.717) is 32.5 Å². The highest BCUT2D eigenvalue weighted by atomic mass is 35.5. The first-order valence-electron chi connectivity index (χ1n) is 8.73. The van der Waals surface area contributed by atoms with Crippen LogP contribution >= 0.6 is 12.4 Å². The molecule has 1 amide bonds. The summed E-state index contributed by atoms with van der Waals surface area (Å²) in [5.41, 5.74) is 6.02. The molecule has 2 fully saturated rings. The van der Waals surface area contributed by atoms with Crippen molar-refractivity contribution in [3.8, 4) is 0 Å². The molecule has 0 spiro atoms. The summed E-state index contributed by atoms with van der Waals surface area (Å²) < 4.78 is 26.5. The van der Waals surface area contributed by atoms with Gasteiger partial charge in [0.1, 0.15) is 6.04 Å². The Bertz CT molecular complexity index is 539. The minimum Gasteiger partial charge on any atom is -0.341 e. The second kappa shape index (κ2) is 8.34. The van der Waals surface area contributed by atoms with Crippen molar-refractivity contribution in [3.63, 3.8) is 0 Å². The van der Waals surface area contributed by atoms with Gasteiger partial charge in [0, 0.05) is 25.7 Å². The Morgan fingerprint density at radius 2 is 1.88 bits per heavy atom. The molecule has 8 heteroatoms. The molecule has 2 atom stereocenters. The minimum absolute atomic E-state index is 0. The fraction of sp³-hybridized carbons (Fsp3) is 0.938. The molecule has 2 N–H and O–H groups in total. The Hall–Kier alpha value is -0.370. The second-order valence-electron chi connectivity index (χ2n) is 7.58. The summed E-state index contributed by atoms with van der Waals surface area (Å²) in [4.78, 5) is 14.8. The molecule has 2 saturated heterocycles. The molecule has 0 bridgehead atoms. The van der Waals surface area contributed by atoms with E-state index in [1.165, 1.54) is 4.31 Å². The lowest BCUT2D eigenvalue weighted by Crippen LogP contribution is -2.59. The molecular weight excluding hydrogens is 350 g/mol. The normalized spacial score (nSPS) is 28.2. The van der Waals surface area contributed by atoms with Gasteiger partial charge in [0.25, 0.3) is 0 Å². The van der Waals surface area contributed by atoms with Crippen molar-refractivity contribution < 1.29 is 13.2 Å². The minimum atomic E-state index is -3.34. The van der Waals surface area contributed by atoms with Gasteiger partial charge < -0.3 is 10.6 Å². The first-order valence-corrected chi connectivity index (χ1v) is 10.3. The van der Waals surface area contributed by atoms with Crippen molar-refractivity contribution in [2.24, 2.45) is 11.1 Å². The van der Waals surface area contributed by atoms with Crippen molar-refractivity contribution in [3.05, 3.63) is 0 Å². The zero-order valence-corrected chi connectivity index (χ0v) is 16.7. The number of sulfonamides is 1. The van der Waals surface area contributed by atoms with Gasteiger partial charge in [-0.2, -0.15) is 4.31 Å². The van der Waals surface area contributed by atoms with E-state index in [1.54, 1.807) is 0 Å². The van der Waals surface area contributed by atoms with E-state index in [-0.39, 0.29) is 35.5 Å². The molecule has 6 nitrogen and oxygen atoms in total. The van der Waals surface area contributed by atoms with Gasteiger partial charge in [-0.3, -0.25) is 4.79 Å². The Morgan fingerprint density at radius 1 is 1.21 bits per heavy atom. The van der Waals surface area contributed by atoms with Gasteiger partial charge in [-0.05, 0) is 31.1 Å². The third kappa shape index (κ3) is 4.62. The van der Waals surface area contributed by atoms with Crippen molar-refractivity contribution in [2.75, 3.05) is 25.4 Å². The number of carbonyl (C=O) groups excluding carboxylic acids is 1. The van der Waals surface area contributed by atoms with Crippen molar-refractivity contribution in [1.82, 2.24) is 9.21 Å². The maximum Gasteiger partial charge on any atom is 0.241 e. The summed E-state index contributed by atoms with van der Waals surface area (Å²) in [6.45, 7) is 7.70. The smallest absolute Gasteiger partial charge is 0.241 e. The van der Waals surface area contributed by atoms with E-state index >= 15 is 0 Å². The van der Waals surface area contributed by atoms with E-state index < -0.39 is 16.1 Å². The summed E-state index contributed by atoms with van der Waals surface area (Å²) in [7, 11) is -3.34. The molecule has 24 heavy (non-hydrogen) atoms. The lowest BCUT2D eigenvalue weighted by atomic mass is 9.79. The number of hydrogen-bond donors (Lipinski definition) is 1. The van der Waals surface area contributed by atoms with Crippen LogP contribution in [0, 0.1) is 5.41 Å². The van der Waals surface area contributed by atoms with Crippen LogP contribution in [0.15, 0.2) is 0 Å². The Morgan fingerprint density at radius 3 is 2.46 bits per heavy atom. The van der Waals surface area contributed by atoms with Crippen molar-refractivity contribution >= 4 is 28.3 Å². The van der Waals surface area contributed by atoms with Crippen molar-refractivity contribution in [1.29, 1.82) is 0 Å². The molecule has 2 rings (SSSR count). The third-order valence-electron chi connectivity index (χ3n) is 5.18. The predicted octanol–water partition coefficient (Wildman–Crippen LogP) is 1.59. The van der Waals surface area contributed by atoms with Gasteiger partial charge in [0.2, 0.25) is 15.9 Å². The number of amides is 1. The van der Waals surface area contributed by atoms with Crippen LogP contribution in [0.2, 0.25) is 0 Å². The largest absolute Gasteiger partial charge is 0.341 e. The van der Waals surface area contributed by atoms with Crippen LogP contribution in [0.25, 0.3) is 0 Å². The summed E-state index contributed by atoms with van der Waals surface area (Å²) in [6.07, 6.45) is 3.72. The molecule has 2 aliphatic heterocycles. The molecule has 0 aromatic heterocycles. The first-order chi connectivity index (χ1) is 10.7. The number of piperidine rings is 2. The molecule has 2 aliphatic rings. The van der Waals surface area contributed by atoms with E-state index in [0.717, 1.165) is 19.3 Å².